The van der Waals surface area contributed by atoms with Gasteiger partial charge in [0.25, 0.3) is 0 Å². The molecule has 37 heteroatoms. The van der Waals surface area contributed by atoms with Crippen molar-refractivity contribution in [2.45, 2.75) is 122 Å². The van der Waals surface area contributed by atoms with E-state index >= 15 is 0 Å². The fourth-order valence-corrected chi connectivity index (χ4v) is 11.8. The molecule has 0 fully saturated rings. The van der Waals surface area contributed by atoms with Crippen LogP contribution in [0.4, 0.5) is 0 Å². The summed E-state index contributed by atoms with van der Waals surface area (Å²) in [6, 6.07) is 0. The Balaban J connectivity index is -0.000000451. The van der Waals surface area contributed by atoms with Crippen LogP contribution < -0.4 is 112 Å². The van der Waals surface area contributed by atoms with Crippen LogP contribution >= 0.6 is 0 Å². The van der Waals surface area contributed by atoms with Crippen molar-refractivity contribution in [2.24, 2.45) is 74.5 Å². The molecule has 0 spiro atoms. The first-order valence-electron chi connectivity index (χ1n) is 44.7. The zero-order valence-electron chi connectivity index (χ0n) is 77.1. The first-order valence-corrected chi connectivity index (χ1v) is 44.7. The van der Waals surface area contributed by atoms with Gasteiger partial charge in [-0.1, -0.05) is 0 Å². The minimum atomic E-state index is 0.0488. The molecule has 0 unspecified atom stereocenters. The summed E-state index contributed by atoms with van der Waals surface area (Å²) in [5.74, 6) is 0.263. The summed E-state index contributed by atoms with van der Waals surface area (Å²) in [6.45, 7) is 39.1. The Labute approximate surface area is 715 Å². The predicted octanol–water partition coefficient (Wildman–Crippen LogP) is -5.95. The molecule has 4 amide bonds. The summed E-state index contributed by atoms with van der Waals surface area (Å²) in [6.07, 6.45) is 19.4. The molecule has 0 aromatic carbocycles. The smallest absolute Gasteiger partial charge is 0.235 e. The van der Waals surface area contributed by atoms with Gasteiger partial charge < -0.3 is 126 Å². The highest BCUT2D eigenvalue weighted by Gasteiger charge is 2.17. The molecule has 0 aliphatic heterocycles. The van der Waals surface area contributed by atoms with Gasteiger partial charge in [-0.25, -0.2) is 0 Å². The first-order chi connectivity index (χ1) is 56.4. The molecule has 0 radical (unpaired) electrons. The average Bonchev–Trinajstić information content (AvgIpc) is 0.961. The van der Waals surface area contributed by atoms with Gasteiger partial charge in [-0.3, -0.25) is 68.2 Å². The van der Waals surface area contributed by atoms with Gasteiger partial charge >= 0.3 is 0 Å². The van der Waals surface area contributed by atoms with Crippen molar-refractivity contribution >= 4 is 23.6 Å². The third-order valence-corrected chi connectivity index (χ3v) is 18.1. The van der Waals surface area contributed by atoms with Crippen molar-refractivity contribution in [3.8, 4) is 0 Å². The van der Waals surface area contributed by atoms with Gasteiger partial charge in [-0.05, 0) is 428 Å². The largest absolute Gasteiger partial charge is 0.342 e. The number of carbonyl (C=O) groups is 4. The maximum absolute atomic E-state index is 12.1. The third kappa shape index (κ3) is 98.0. The zero-order valence-corrected chi connectivity index (χ0v) is 77.1. The molecule has 37 nitrogen and oxygen atoms in total. The fourth-order valence-electron chi connectivity index (χ4n) is 11.8. The van der Waals surface area contributed by atoms with Crippen LogP contribution in [0, 0.1) is 0 Å². The van der Waals surface area contributed by atoms with E-state index in [0.29, 0.717) is 92.1 Å². The number of nitrogens with zero attached hydrogens (tertiary/aromatic N) is 13. The molecular weight excluding hydrogens is 1490 g/mol. The Bertz CT molecular complexity index is 1930. The number of amides is 4. The summed E-state index contributed by atoms with van der Waals surface area (Å²) in [5.41, 5.74) is 72.6. The molecule has 0 aromatic rings. The summed E-state index contributed by atoms with van der Waals surface area (Å²) in [7, 11) is 19.7. The molecule has 0 saturated carbocycles. The van der Waals surface area contributed by atoms with Gasteiger partial charge in [0.2, 0.25) is 23.6 Å². The molecular formula is C80H195N33O4. The van der Waals surface area contributed by atoms with Crippen LogP contribution in [-0.2, 0) is 19.2 Å². The highest BCUT2D eigenvalue weighted by atomic mass is 16.2. The molecule has 0 atom stereocenters. The topological polar surface area (TPSA) is 533 Å². The number of hydrogen-bond donors (Lipinski definition) is 20. The average molecular weight is 1680 g/mol. The lowest BCUT2D eigenvalue weighted by Crippen LogP contribution is -2.42. The summed E-state index contributed by atoms with van der Waals surface area (Å²) in [5, 5.41) is 21.7. The normalized spacial score (nSPS) is 11.6. The number of rotatable bonds is 81. The molecule has 0 bridgehead atoms. The van der Waals surface area contributed by atoms with E-state index in [1.165, 1.54) is 12.8 Å². The van der Waals surface area contributed by atoms with Crippen LogP contribution in [0.15, 0.2) is 0 Å². The summed E-state index contributed by atoms with van der Waals surface area (Å²) >= 11 is 0. The monoisotopic (exact) mass is 1680 g/mol. The van der Waals surface area contributed by atoms with Crippen LogP contribution in [0.3, 0.4) is 0 Å². The zero-order chi connectivity index (χ0) is 88.4. The Morgan fingerprint density at radius 3 is 0.521 bits per heavy atom. The van der Waals surface area contributed by atoms with E-state index in [-0.39, 0.29) is 23.6 Å². The van der Waals surface area contributed by atoms with Crippen LogP contribution in [0.25, 0.3) is 0 Å². The molecule has 0 aliphatic carbocycles. The van der Waals surface area contributed by atoms with Gasteiger partial charge in [0.05, 0.1) is 59.5 Å². The van der Waals surface area contributed by atoms with Crippen LogP contribution in [0.2, 0.25) is 0 Å². The Morgan fingerprint density at radius 1 is 0.188 bits per heavy atom. The lowest BCUT2D eigenvalue weighted by atomic mass is 10.2. The second-order valence-corrected chi connectivity index (χ2v) is 31.5. The highest BCUT2D eigenvalue weighted by Crippen LogP contribution is 2.05. The minimum absolute atomic E-state index is 0.0488. The van der Waals surface area contributed by atoms with Crippen molar-refractivity contribution in [3.63, 3.8) is 0 Å². The van der Waals surface area contributed by atoms with Crippen LogP contribution in [0.5, 0.6) is 0 Å². The summed E-state index contributed by atoms with van der Waals surface area (Å²) < 4.78 is 0. The van der Waals surface area contributed by atoms with Gasteiger partial charge in [0, 0.05) is 13.1 Å². The van der Waals surface area contributed by atoms with E-state index in [1.54, 1.807) is 0 Å². The Morgan fingerprint density at radius 2 is 0.342 bits per heavy atom. The quantitative estimate of drug-likeness (QED) is 0.0199. The maximum Gasteiger partial charge on any atom is 0.235 e. The second-order valence-electron chi connectivity index (χ2n) is 31.5. The lowest BCUT2D eigenvalue weighted by molar-refractivity contribution is -0.123. The van der Waals surface area contributed by atoms with Gasteiger partial charge in [0.15, 0.2) is 0 Å². The second kappa shape index (κ2) is 96.5. The molecule has 0 aliphatic rings. The van der Waals surface area contributed by atoms with Crippen molar-refractivity contribution in [2.75, 3.05) is 379 Å². The first kappa shape index (κ1) is 122. The standard InChI is InChI=1S/C21H52N8.2C17H41N7O.C14H34N6O.C11H27N5O/c1-26(2)21-29(19-7-17-27(13-3-9-22)14-4-10-23)20-8-18-28(15-5-11-24)16-6-12-25;1-22(2)16-21-17(25)15-24(12-5-9-20)14-6-13-23(10-3-7-18)11-4-8-19;1-23(2)16-22-17(25)15-24(13-5-11-20-9-3-7-18)14-6-12-21-10-4-8-19;1-19(2)13-18-14(21)12-20(10-4-7-16)11-5-9-17-8-3-6-15;1-15(2)10-14-11(17)9-16(7-3-5-12)8-4-6-13/h3-25H2,1-2H3;3-16,18-20H2,1-2H3,(H,21,25);20-21H,3-16,18-19H2,1-2H3,(H,22,25);17H,3-13,15-16H2,1-2H3,(H,18,21);3-10,12-13H2,1-2H3,(H,14,17). The van der Waals surface area contributed by atoms with Gasteiger partial charge in [0.1, 0.15) is 0 Å². The molecule has 33 N–H and O–H groups in total. The SMILES string of the molecule is CN(C)CN(CCCN(CCCN)CCCN)CCCN(CCCN)CCCN.CN(C)CNC(=O)CN(CCCN)CCCN.CN(C)CNC(=O)CN(CCCN)CCCN(CCCN)CCCN.CN(C)CNC(=O)CN(CCCN)CCCNCCCN.CN(C)CNC(=O)CN(CCCNCCCN)CCCNCCCN. The molecule has 0 rings (SSSR count). The van der Waals surface area contributed by atoms with Crippen molar-refractivity contribution in [3.05, 3.63) is 0 Å². The van der Waals surface area contributed by atoms with Crippen LogP contribution in [0.1, 0.15) is 122 Å². The fraction of sp³-hybridized carbons (Fsp3) is 0.950. The number of nitrogens with one attached hydrogen (secondary N) is 7. The van der Waals surface area contributed by atoms with Crippen LogP contribution in [-0.4, -0.2) is 466 Å². The third-order valence-electron chi connectivity index (χ3n) is 18.1. The minimum Gasteiger partial charge on any atom is -0.342 e. The predicted molar refractivity (Wildman–Crippen MR) is 496 cm³/mol. The van der Waals surface area contributed by atoms with E-state index in [4.69, 9.17) is 74.5 Å². The molecule has 0 saturated heterocycles. The number of carbonyl (C=O) groups excluding carboxylic acids is 4. The van der Waals surface area contributed by atoms with Gasteiger partial charge in [-0.2, -0.15) is 0 Å². The molecule has 0 heterocycles. The summed E-state index contributed by atoms with van der Waals surface area (Å²) in [4.78, 5) is 76.4. The number of nitrogens with two attached hydrogens (primary N) is 13. The van der Waals surface area contributed by atoms with E-state index < -0.39 is 0 Å². The van der Waals surface area contributed by atoms with Crippen molar-refractivity contribution < 1.29 is 19.2 Å². The number of hydrogen-bond acceptors (Lipinski definition) is 33. The van der Waals surface area contributed by atoms with E-state index in [2.05, 4.69) is 95.4 Å². The Hall–Kier alpha value is -3.28. The molecule has 0 aromatic heterocycles. The van der Waals surface area contributed by atoms with E-state index in [9.17, 15) is 19.2 Å². The van der Waals surface area contributed by atoms with E-state index in [0.717, 1.165) is 325 Å². The highest BCUT2D eigenvalue weighted by molar-refractivity contribution is 5.79. The molecule has 704 valence electrons. The van der Waals surface area contributed by atoms with E-state index in [1.807, 2.05) is 76.0 Å². The Kier molecular flexibility index (Phi) is 101. The van der Waals surface area contributed by atoms with Crippen molar-refractivity contribution in [1.82, 2.24) is 101 Å². The lowest BCUT2D eigenvalue weighted by Gasteiger charge is -2.29. The van der Waals surface area contributed by atoms with Crippen molar-refractivity contribution in [1.29, 1.82) is 0 Å². The maximum atomic E-state index is 12.1. The molecule has 117 heavy (non-hydrogen) atoms. The van der Waals surface area contributed by atoms with Gasteiger partial charge in [-0.15, -0.1) is 0 Å².